The van der Waals surface area contributed by atoms with Crippen LogP contribution >= 0.6 is 23.4 Å². The van der Waals surface area contributed by atoms with Crippen LogP contribution < -0.4 is 0 Å². The monoisotopic (exact) mass is 456 g/mol. The zero-order valence-corrected chi connectivity index (χ0v) is 19.0. The number of carbonyl (C=O) groups is 1. The first-order valence-corrected chi connectivity index (χ1v) is 11.9. The number of benzene rings is 2. The van der Waals surface area contributed by atoms with Gasteiger partial charge < -0.3 is 9.42 Å². The zero-order valence-electron chi connectivity index (χ0n) is 17.4. The van der Waals surface area contributed by atoms with Crippen LogP contribution in [0.15, 0.2) is 59.1 Å². The number of amides is 1. The number of rotatable bonds is 7. The van der Waals surface area contributed by atoms with Gasteiger partial charge in [-0.15, -0.1) is 11.8 Å². The molecule has 2 heterocycles. The van der Waals surface area contributed by atoms with Crippen LogP contribution in [0.2, 0.25) is 5.02 Å². The van der Waals surface area contributed by atoms with Crippen molar-refractivity contribution >= 4 is 29.3 Å². The van der Waals surface area contributed by atoms with Gasteiger partial charge in [0.15, 0.2) is 0 Å². The third kappa shape index (κ3) is 5.67. The maximum atomic E-state index is 12.6. The van der Waals surface area contributed by atoms with E-state index in [2.05, 4.69) is 22.0 Å². The third-order valence-corrected chi connectivity index (χ3v) is 6.65. The summed E-state index contributed by atoms with van der Waals surface area (Å²) in [6, 6.07) is 17.6. The Kier molecular flexibility index (Phi) is 7.27. The summed E-state index contributed by atoms with van der Waals surface area (Å²) in [6.45, 7) is 5.06. The summed E-state index contributed by atoms with van der Waals surface area (Å²) in [5.41, 5.74) is 2.08. The standard InChI is InChI=1S/C23H25ClN4O2S/c1-17(23-25-22(26-30-23)19-7-3-2-4-8-19)27-10-12-28(13-11-27)21(29)16-31-15-18-6-5-9-20(24)14-18/h2-9,14,17H,10-13,15-16H2,1H3. The van der Waals surface area contributed by atoms with Gasteiger partial charge in [0.25, 0.3) is 0 Å². The highest BCUT2D eigenvalue weighted by Crippen LogP contribution is 2.24. The highest BCUT2D eigenvalue weighted by molar-refractivity contribution is 7.99. The summed E-state index contributed by atoms with van der Waals surface area (Å²) in [5.74, 6) is 2.66. The normalized spacial score (nSPS) is 15.7. The molecule has 31 heavy (non-hydrogen) atoms. The van der Waals surface area contributed by atoms with Crippen molar-refractivity contribution in [2.24, 2.45) is 0 Å². The average molecular weight is 457 g/mol. The van der Waals surface area contributed by atoms with E-state index >= 15 is 0 Å². The van der Waals surface area contributed by atoms with Crippen molar-refractivity contribution in [3.8, 4) is 11.4 Å². The first kappa shape index (κ1) is 21.9. The van der Waals surface area contributed by atoms with Crippen LogP contribution in [-0.4, -0.2) is 57.8 Å². The van der Waals surface area contributed by atoms with Crippen LogP contribution in [0.5, 0.6) is 0 Å². The van der Waals surface area contributed by atoms with Crippen molar-refractivity contribution in [2.75, 3.05) is 31.9 Å². The third-order valence-electron chi connectivity index (χ3n) is 5.43. The predicted molar refractivity (Wildman–Crippen MR) is 124 cm³/mol. The molecule has 162 valence electrons. The number of halogens is 1. The van der Waals surface area contributed by atoms with Gasteiger partial charge in [0, 0.05) is 42.5 Å². The number of hydrogen-bond donors (Lipinski definition) is 0. The summed E-state index contributed by atoms with van der Waals surface area (Å²) >= 11 is 7.64. The molecule has 1 unspecified atom stereocenters. The second-order valence-electron chi connectivity index (χ2n) is 7.54. The minimum absolute atomic E-state index is 0.0134. The predicted octanol–water partition coefficient (Wildman–Crippen LogP) is 4.53. The molecule has 1 atom stereocenters. The second-order valence-corrected chi connectivity index (χ2v) is 8.96. The Morgan fingerprint density at radius 1 is 1.13 bits per heavy atom. The summed E-state index contributed by atoms with van der Waals surface area (Å²) < 4.78 is 5.52. The molecule has 6 nitrogen and oxygen atoms in total. The molecule has 4 rings (SSSR count). The van der Waals surface area contributed by atoms with E-state index < -0.39 is 0 Å². The Hall–Kier alpha value is -2.35. The Morgan fingerprint density at radius 2 is 1.90 bits per heavy atom. The minimum Gasteiger partial charge on any atom is -0.339 e. The van der Waals surface area contributed by atoms with Crippen LogP contribution in [0.4, 0.5) is 0 Å². The van der Waals surface area contributed by atoms with Crippen LogP contribution in [0.1, 0.15) is 24.4 Å². The maximum Gasteiger partial charge on any atom is 0.244 e. The van der Waals surface area contributed by atoms with E-state index in [9.17, 15) is 4.79 Å². The summed E-state index contributed by atoms with van der Waals surface area (Å²) in [5, 5.41) is 4.85. The van der Waals surface area contributed by atoms with Crippen LogP contribution in [0.3, 0.4) is 0 Å². The van der Waals surface area contributed by atoms with Gasteiger partial charge in [-0.05, 0) is 24.6 Å². The van der Waals surface area contributed by atoms with Gasteiger partial charge in [-0.1, -0.05) is 59.2 Å². The highest BCUT2D eigenvalue weighted by Gasteiger charge is 2.27. The van der Waals surface area contributed by atoms with Crippen LogP contribution in [0.25, 0.3) is 11.4 Å². The fourth-order valence-electron chi connectivity index (χ4n) is 3.60. The average Bonchev–Trinajstić information content (AvgIpc) is 3.30. The molecule has 0 N–H and O–H groups in total. The second kappa shape index (κ2) is 10.3. The summed E-state index contributed by atoms with van der Waals surface area (Å²) in [4.78, 5) is 21.4. The molecular weight excluding hydrogens is 432 g/mol. The molecule has 1 saturated heterocycles. The number of thioether (sulfide) groups is 1. The van der Waals surface area contributed by atoms with Crippen molar-refractivity contribution < 1.29 is 9.32 Å². The SMILES string of the molecule is CC(c1nc(-c2ccccc2)no1)N1CCN(C(=O)CSCc2cccc(Cl)c2)CC1. The van der Waals surface area contributed by atoms with Gasteiger partial charge in [-0.2, -0.15) is 4.98 Å². The zero-order chi connectivity index (χ0) is 21.6. The maximum absolute atomic E-state index is 12.6. The Morgan fingerprint density at radius 3 is 2.65 bits per heavy atom. The van der Waals surface area contributed by atoms with Crippen molar-refractivity contribution in [1.82, 2.24) is 19.9 Å². The molecule has 1 aromatic heterocycles. The lowest BCUT2D eigenvalue weighted by Gasteiger charge is -2.36. The van der Waals surface area contributed by atoms with E-state index in [1.54, 1.807) is 11.8 Å². The Labute approximate surface area is 191 Å². The van der Waals surface area contributed by atoms with Crippen molar-refractivity contribution in [2.45, 2.75) is 18.7 Å². The molecule has 1 fully saturated rings. The van der Waals surface area contributed by atoms with E-state index in [1.165, 1.54) is 0 Å². The lowest BCUT2D eigenvalue weighted by molar-refractivity contribution is -0.130. The Bertz CT molecular complexity index is 1010. The lowest BCUT2D eigenvalue weighted by atomic mass is 10.2. The van der Waals surface area contributed by atoms with Gasteiger partial charge in [-0.3, -0.25) is 9.69 Å². The molecule has 0 spiro atoms. The fourth-order valence-corrected chi connectivity index (χ4v) is 4.69. The topological polar surface area (TPSA) is 62.5 Å². The van der Waals surface area contributed by atoms with Crippen LogP contribution in [-0.2, 0) is 10.5 Å². The number of aromatic nitrogens is 2. The van der Waals surface area contributed by atoms with Gasteiger partial charge in [-0.25, -0.2) is 0 Å². The number of piperazine rings is 1. The fraction of sp³-hybridized carbons (Fsp3) is 0.348. The van der Waals surface area contributed by atoms with Crippen LogP contribution in [0, 0.1) is 0 Å². The molecule has 0 bridgehead atoms. The van der Waals surface area contributed by atoms with E-state index in [1.807, 2.05) is 59.5 Å². The van der Waals surface area contributed by atoms with Crippen molar-refractivity contribution in [1.29, 1.82) is 0 Å². The largest absolute Gasteiger partial charge is 0.339 e. The number of carbonyl (C=O) groups excluding carboxylic acids is 1. The quantitative estimate of drug-likeness (QED) is 0.520. The molecule has 0 aliphatic carbocycles. The molecule has 2 aromatic carbocycles. The van der Waals surface area contributed by atoms with Crippen molar-refractivity contribution in [3.63, 3.8) is 0 Å². The molecule has 1 amide bonds. The number of hydrogen-bond acceptors (Lipinski definition) is 6. The van der Waals surface area contributed by atoms with E-state index in [0.29, 0.717) is 30.6 Å². The van der Waals surface area contributed by atoms with Gasteiger partial charge in [0.1, 0.15) is 0 Å². The first-order valence-electron chi connectivity index (χ1n) is 10.3. The lowest BCUT2D eigenvalue weighted by Crippen LogP contribution is -2.49. The number of nitrogens with zero attached hydrogens (tertiary/aromatic N) is 4. The first-order chi connectivity index (χ1) is 15.1. The minimum atomic E-state index is 0.0134. The molecule has 1 aliphatic rings. The van der Waals surface area contributed by atoms with E-state index in [4.69, 9.17) is 16.1 Å². The summed E-state index contributed by atoms with van der Waals surface area (Å²) in [7, 11) is 0. The molecule has 3 aromatic rings. The smallest absolute Gasteiger partial charge is 0.244 e. The molecular formula is C23H25ClN4O2S. The van der Waals surface area contributed by atoms with Gasteiger partial charge in [0.05, 0.1) is 11.8 Å². The molecule has 0 radical (unpaired) electrons. The molecule has 8 heteroatoms. The highest BCUT2D eigenvalue weighted by atomic mass is 35.5. The van der Waals surface area contributed by atoms with E-state index in [0.717, 1.165) is 35.0 Å². The van der Waals surface area contributed by atoms with Gasteiger partial charge in [0.2, 0.25) is 17.6 Å². The summed E-state index contributed by atoms with van der Waals surface area (Å²) in [6.07, 6.45) is 0. The van der Waals surface area contributed by atoms with Gasteiger partial charge >= 0.3 is 0 Å². The molecule has 1 aliphatic heterocycles. The molecule has 0 saturated carbocycles. The van der Waals surface area contributed by atoms with E-state index in [-0.39, 0.29) is 11.9 Å². The Balaban J connectivity index is 1.24. The van der Waals surface area contributed by atoms with Crippen molar-refractivity contribution in [3.05, 3.63) is 71.1 Å².